The minimum atomic E-state index is 0.297. The Kier molecular flexibility index (Phi) is 7.72. The van der Waals surface area contributed by atoms with Crippen LogP contribution in [0.4, 0.5) is 0 Å². The van der Waals surface area contributed by atoms with E-state index in [2.05, 4.69) is 57.1 Å². The first-order valence-corrected chi connectivity index (χ1v) is 8.37. The quantitative estimate of drug-likeness (QED) is 0.725. The van der Waals surface area contributed by atoms with Crippen molar-refractivity contribution in [2.45, 2.75) is 40.7 Å². The van der Waals surface area contributed by atoms with Crippen LogP contribution in [0.15, 0.2) is 24.3 Å². The highest BCUT2D eigenvalue weighted by atomic mass is 35.5. The van der Waals surface area contributed by atoms with Crippen LogP contribution in [0, 0.1) is 11.3 Å². The van der Waals surface area contributed by atoms with Crippen LogP contribution < -0.4 is 5.32 Å². The van der Waals surface area contributed by atoms with Gasteiger partial charge in [0.2, 0.25) is 0 Å². The number of rotatable bonds is 9. The molecule has 1 aromatic carbocycles. The van der Waals surface area contributed by atoms with Crippen LogP contribution in [0.25, 0.3) is 0 Å². The van der Waals surface area contributed by atoms with Crippen molar-refractivity contribution in [1.82, 2.24) is 10.2 Å². The van der Waals surface area contributed by atoms with Gasteiger partial charge in [0.15, 0.2) is 0 Å². The molecule has 0 saturated carbocycles. The van der Waals surface area contributed by atoms with Crippen molar-refractivity contribution in [2.24, 2.45) is 11.3 Å². The van der Waals surface area contributed by atoms with E-state index in [-0.39, 0.29) is 0 Å². The fourth-order valence-corrected chi connectivity index (χ4v) is 2.78. The van der Waals surface area contributed by atoms with E-state index in [1.54, 1.807) is 0 Å². The van der Waals surface area contributed by atoms with Gasteiger partial charge in [0.05, 0.1) is 0 Å². The molecule has 0 radical (unpaired) electrons. The van der Waals surface area contributed by atoms with Gasteiger partial charge >= 0.3 is 0 Å². The zero-order valence-corrected chi connectivity index (χ0v) is 15.0. The van der Waals surface area contributed by atoms with Crippen molar-refractivity contribution < 1.29 is 0 Å². The van der Waals surface area contributed by atoms with Crippen molar-refractivity contribution >= 4 is 11.6 Å². The molecule has 0 bridgehead atoms. The minimum Gasteiger partial charge on any atom is -0.316 e. The molecular formula is C18H31ClN2. The van der Waals surface area contributed by atoms with Gasteiger partial charge in [-0.1, -0.05) is 57.5 Å². The summed E-state index contributed by atoms with van der Waals surface area (Å²) >= 11 is 6.25. The molecule has 0 saturated heterocycles. The summed E-state index contributed by atoms with van der Waals surface area (Å²) in [5.74, 6) is 0.701. The molecule has 0 spiro atoms. The van der Waals surface area contributed by atoms with E-state index in [1.807, 2.05) is 12.1 Å². The maximum absolute atomic E-state index is 6.25. The molecule has 0 aliphatic rings. The maximum atomic E-state index is 6.25. The van der Waals surface area contributed by atoms with E-state index in [0.717, 1.165) is 31.2 Å². The molecule has 0 aliphatic carbocycles. The second-order valence-electron chi connectivity index (χ2n) is 6.95. The molecule has 0 heterocycles. The summed E-state index contributed by atoms with van der Waals surface area (Å²) in [4.78, 5) is 2.38. The van der Waals surface area contributed by atoms with Gasteiger partial charge in [-0.15, -0.1) is 0 Å². The Labute approximate surface area is 135 Å². The minimum absolute atomic E-state index is 0.297. The summed E-state index contributed by atoms with van der Waals surface area (Å²) < 4.78 is 0. The van der Waals surface area contributed by atoms with Crippen molar-refractivity contribution in [1.29, 1.82) is 0 Å². The Morgan fingerprint density at radius 3 is 2.52 bits per heavy atom. The van der Waals surface area contributed by atoms with Gasteiger partial charge in [-0.25, -0.2) is 0 Å². The van der Waals surface area contributed by atoms with Crippen LogP contribution in [0.2, 0.25) is 5.02 Å². The summed E-state index contributed by atoms with van der Waals surface area (Å²) in [6, 6.07) is 8.11. The lowest BCUT2D eigenvalue weighted by Gasteiger charge is -2.34. The highest BCUT2D eigenvalue weighted by Gasteiger charge is 2.24. The predicted molar refractivity (Wildman–Crippen MR) is 93.9 cm³/mol. The third-order valence-electron chi connectivity index (χ3n) is 4.01. The zero-order chi connectivity index (χ0) is 15.9. The first kappa shape index (κ1) is 18.5. The van der Waals surface area contributed by atoms with E-state index in [9.17, 15) is 0 Å². The molecule has 1 aromatic rings. The van der Waals surface area contributed by atoms with Crippen LogP contribution in [-0.4, -0.2) is 31.6 Å². The van der Waals surface area contributed by atoms with Crippen LogP contribution in [0.3, 0.4) is 0 Å². The van der Waals surface area contributed by atoms with E-state index in [0.29, 0.717) is 11.3 Å². The molecule has 2 nitrogen and oxygen atoms in total. The summed E-state index contributed by atoms with van der Waals surface area (Å²) in [7, 11) is 2.18. The average Bonchev–Trinajstić information content (AvgIpc) is 2.41. The number of halogens is 1. The number of benzene rings is 1. The third-order valence-corrected chi connectivity index (χ3v) is 4.38. The van der Waals surface area contributed by atoms with Crippen molar-refractivity contribution in [3.63, 3.8) is 0 Å². The monoisotopic (exact) mass is 310 g/mol. The smallest absolute Gasteiger partial charge is 0.0451 e. The van der Waals surface area contributed by atoms with Gasteiger partial charge in [-0.05, 0) is 43.0 Å². The first-order valence-electron chi connectivity index (χ1n) is 7.99. The fraction of sp³-hybridized carbons (Fsp3) is 0.667. The lowest BCUT2D eigenvalue weighted by atomic mass is 9.86. The van der Waals surface area contributed by atoms with Gasteiger partial charge in [0.25, 0.3) is 0 Å². The van der Waals surface area contributed by atoms with Crippen LogP contribution in [0.1, 0.15) is 39.7 Å². The Morgan fingerprint density at radius 1 is 1.29 bits per heavy atom. The topological polar surface area (TPSA) is 15.3 Å². The number of hydrogen-bond acceptors (Lipinski definition) is 2. The van der Waals surface area contributed by atoms with Crippen LogP contribution in [-0.2, 0) is 6.54 Å². The van der Waals surface area contributed by atoms with Crippen LogP contribution in [0.5, 0.6) is 0 Å². The molecule has 21 heavy (non-hydrogen) atoms. The highest BCUT2D eigenvalue weighted by Crippen LogP contribution is 2.23. The van der Waals surface area contributed by atoms with Gasteiger partial charge in [-0.2, -0.15) is 0 Å². The van der Waals surface area contributed by atoms with Crippen molar-refractivity contribution in [2.75, 3.05) is 26.7 Å². The van der Waals surface area contributed by atoms with Gasteiger partial charge in [-0.3, -0.25) is 0 Å². The number of hydrogen-bond donors (Lipinski definition) is 1. The second-order valence-corrected chi connectivity index (χ2v) is 7.36. The second kappa shape index (κ2) is 8.77. The van der Waals surface area contributed by atoms with Gasteiger partial charge in [0, 0.05) is 24.7 Å². The number of nitrogens with zero attached hydrogens (tertiary/aromatic N) is 1. The average molecular weight is 311 g/mol. The SMILES string of the molecule is CCC(C)(CNCC(C)C)CN(C)Cc1ccccc1Cl. The van der Waals surface area contributed by atoms with E-state index >= 15 is 0 Å². The molecule has 1 unspecified atom stereocenters. The third kappa shape index (κ3) is 6.82. The summed E-state index contributed by atoms with van der Waals surface area (Å²) in [5.41, 5.74) is 1.50. The summed E-state index contributed by atoms with van der Waals surface area (Å²) in [6.45, 7) is 13.3. The fourth-order valence-electron chi connectivity index (χ4n) is 2.58. The maximum Gasteiger partial charge on any atom is 0.0451 e. The largest absolute Gasteiger partial charge is 0.316 e. The molecule has 1 N–H and O–H groups in total. The Hall–Kier alpha value is -0.570. The van der Waals surface area contributed by atoms with Crippen molar-refractivity contribution in [3.8, 4) is 0 Å². The summed E-state index contributed by atoms with van der Waals surface area (Å²) in [5, 5.41) is 4.47. The molecule has 1 rings (SSSR count). The number of nitrogens with one attached hydrogen (secondary N) is 1. The molecule has 3 heteroatoms. The first-order chi connectivity index (χ1) is 9.86. The molecular weight excluding hydrogens is 280 g/mol. The van der Waals surface area contributed by atoms with Gasteiger partial charge in [0.1, 0.15) is 0 Å². The molecule has 0 fully saturated rings. The summed E-state index contributed by atoms with van der Waals surface area (Å²) in [6.07, 6.45) is 1.17. The lowest BCUT2D eigenvalue weighted by Crippen LogP contribution is -2.41. The molecule has 0 amide bonds. The Morgan fingerprint density at radius 2 is 1.95 bits per heavy atom. The standard InChI is InChI=1S/C18H31ClN2/c1-6-18(4,13-20-11-15(2)3)14-21(5)12-16-9-7-8-10-17(16)19/h7-10,15,20H,6,11-14H2,1-5H3. The van der Waals surface area contributed by atoms with Crippen molar-refractivity contribution in [3.05, 3.63) is 34.9 Å². The predicted octanol–water partition coefficient (Wildman–Crippen LogP) is 4.43. The zero-order valence-electron chi connectivity index (χ0n) is 14.2. The van der Waals surface area contributed by atoms with E-state index in [1.165, 1.54) is 12.0 Å². The highest BCUT2D eigenvalue weighted by molar-refractivity contribution is 6.31. The van der Waals surface area contributed by atoms with E-state index in [4.69, 9.17) is 11.6 Å². The lowest BCUT2D eigenvalue weighted by molar-refractivity contribution is 0.174. The van der Waals surface area contributed by atoms with E-state index < -0.39 is 0 Å². The molecule has 120 valence electrons. The Bertz CT molecular complexity index is 419. The molecule has 1 atom stereocenters. The Balaban J connectivity index is 2.53. The molecule has 0 aromatic heterocycles. The molecule has 0 aliphatic heterocycles. The van der Waals surface area contributed by atoms with Crippen LogP contribution >= 0.6 is 11.6 Å². The van der Waals surface area contributed by atoms with Gasteiger partial charge < -0.3 is 10.2 Å². The normalized spacial score (nSPS) is 14.7.